The van der Waals surface area contributed by atoms with Crippen LogP contribution in [0, 0.1) is 18.3 Å². The van der Waals surface area contributed by atoms with Crippen molar-refractivity contribution in [2.45, 2.75) is 12.1 Å². The van der Waals surface area contributed by atoms with E-state index >= 15 is 0 Å². The van der Waals surface area contributed by atoms with E-state index in [0.29, 0.717) is 5.56 Å². The maximum Gasteiger partial charge on any atom is 0.187 e. The van der Waals surface area contributed by atoms with Gasteiger partial charge in [0.25, 0.3) is 0 Å². The first-order valence-electron chi connectivity index (χ1n) is 5.13. The molecule has 0 bridgehead atoms. The Hall–Kier alpha value is -1.86. The summed E-state index contributed by atoms with van der Waals surface area (Å²) in [7, 11) is 0. The molecule has 4 heteroatoms. The van der Waals surface area contributed by atoms with E-state index in [1.165, 1.54) is 11.8 Å². The molecule has 84 valence electrons. The number of hydrogen-bond acceptors (Lipinski definition) is 4. The quantitative estimate of drug-likeness (QED) is 0.599. The van der Waals surface area contributed by atoms with Gasteiger partial charge in [0.05, 0.1) is 17.3 Å². The fraction of sp³-hybridized carbons (Fsp3) is 0.154. The average molecular weight is 241 g/mol. The lowest BCUT2D eigenvalue weighted by atomic mass is 10.1. The molecule has 2 aromatic rings. The Bertz CT molecular complexity index is 587. The summed E-state index contributed by atoms with van der Waals surface area (Å²) in [5.41, 5.74) is 3.50. The fourth-order valence-electron chi connectivity index (χ4n) is 1.55. The third kappa shape index (κ3) is 2.45. The first-order chi connectivity index (χ1) is 8.24. The van der Waals surface area contributed by atoms with E-state index < -0.39 is 0 Å². The van der Waals surface area contributed by atoms with Crippen molar-refractivity contribution < 1.29 is 0 Å². The molecule has 0 aliphatic heterocycles. The number of aromatic nitrogens is 2. The zero-order chi connectivity index (χ0) is 12.3. The smallest absolute Gasteiger partial charge is 0.187 e. The molecule has 0 fully saturated rings. The minimum atomic E-state index is 0.645. The van der Waals surface area contributed by atoms with Crippen molar-refractivity contribution in [3.05, 3.63) is 41.6 Å². The first-order valence-corrected chi connectivity index (χ1v) is 6.35. The number of rotatable bonds is 2. The Morgan fingerprint density at radius 2 is 2.18 bits per heavy atom. The highest BCUT2D eigenvalue weighted by atomic mass is 32.2. The number of nitrogens with zero attached hydrogens (tertiary/aromatic N) is 3. The summed E-state index contributed by atoms with van der Waals surface area (Å²) in [6, 6.07) is 9.60. The number of thioether (sulfide) groups is 1. The maximum absolute atomic E-state index is 8.89. The summed E-state index contributed by atoms with van der Waals surface area (Å²) in [6.07, 6.45) is 3.76. The van der Waals surface area contributed by atoms with E-state index in [0.717, 1.165) is 22.0 Å². The molecule has 3 nitrogen and oxygen atoms in total. The van der Waals surface area contributed by atoms with Gasteiger partial charge in [-0.3, -0.25) is 0 Å². The average Bonchev–Trinajstić information content (AvgIpc) is 2.39. The van der Waals surface area contributed by atoms with Gasteiger partial charge in [0.2, 0.25) is 0 Å². The highest BCUT2D eigenvalue weighted by Crippen LogP contribution is 2.23. The largest absolute Gasteiger partial charge is 0.231 e. The summed E-state index contributed by atoms with van der Waals surface area (Å²) < 4.78 is 0. The topological polar surface area (TPSA) is 49.6 Å². The van der Waals surface area contributed by atoms with E-state index in [4.69, 9.17) is 5.26 Å². The number of hydrogen-bond donors (Lipinski definition) is 0. The fourth-order valence-corrected chi connectivity index (χ4v) is 1.89. The first kappa shape index (κ1) is 11.6. The van der Waals surface area contributed by atoms with Crippen LogP contribution >= 0.6 is 11.8 Å². The molecule has 0 amide bonds. The molecule has 0 N–H and O–H groups in total. The molecule has 0 aliphatic carbocycles. The lowest BCUT2D eigenvalue weighted by Gasteiger charge is -2.06. The van der Waals surface area contributed by atoms with Gasteiger partial charge in [-0.05, 0) is 30.9 Å². The SMILES string of the molecule is CSc1ncc(C)c(-c2cccc(C#N)c2)n1. The standard InChI is InChI=1S/C13H11N3S/c1-9-8-15-13(17-2)16-12(9)11-5-3-4-10(6-11)7-14/h3-6,8H,1-2H3. The Kier molecular flexibility index (Phi) is 3.40. The molecule has 0 spiro atoms. The Balaban J connectivity index is 2.55. The number of benzene rings is 1. The molecule has 1 aromatic heterocycles. The monoisotopic (exact) mass is 241 g/mol. The summed E-state index contributed by atoms with van der Waals surface area (Å²) in [5, 5.41) is 9.64. The van der Waals surface area contributed by atoms with Crippen molar-refractivity contribution in [3.63, 3.8) is 0 Å². The van der Waals surface area contributed by atoms with E-state index in [-0.39, 0.29) is 0 Å². The van der Waals surface area contributed by atoms with Crippen molar-refractivity contribution in [1.29, 1.82) is 5.26 Å². The molecule has 1 heterocycles. The van der Waals surface area contributed by atoms with E-state index in [1.807, 2.05) is 37.6 Å². The summed E-state index contributed by atoms with van der Waals surface area (Å²) >= 11 is 1.51. The third-order valence-electron chi connectivity index (χ3n) is 2.40. The van der Waals surface area contributed by atoms with Crippen LogP contribution in [0.25, 0.3) is 11.3 Å². The minimum Gasteiger partial charge on any atom is -0.231 e. The number of aryl methyl sites for hydroxylation is 1. The van der Waals surface area contributed by atoms with Crippen LogP contribution < -0.4 is 0 Å². The van der Waals surface area contributed by atoms with Gasteiger partial charge in [0.15, 0.2) is 5.16 Å². The molecule has 0 radical (unpaired) electrons. The Labute approximate surface area is 105 Å². The predicted molar refractivity (Wildman–Crippen MR) is 68.7 cm³/mol. The summed E-state index contributed by atoms with van der Waals surface area (Å²) in [6.45, 7) is 1.97. The van der Waals surface area contributed by atoms with Gasteiger partial charge in [0, 0.05) is 11.8 Å². The van der Waals surface area contributed by atoms with Crippen LogP contribution in [0.4, 0.5) is 0 Å². The van der Waals surface area contributed by atoms with Crippen molar-refractivity contribution >= 4 is 11.8 Å². The molecular weight excluding hydrogens is 230 g/mol. The van der Waals surface area contributed by atoms with Crippen LogP contribution in [0.15, 0.2) is 35.6 Å². The molecule has 0 unspecified atom stereocenters. The predicted octanol–water partition coefficient (Wildman–Crippen LogP) is 3.05. The normalized spacial score (nSPS) is 9.94. The van der Waals surface area contributed by atoms with E-state index in [1.54, 1.807) is 6.07 Å². The molecule has 2 rings (SSSR count). The van der Waals surface area contributed by atoms with Gasteiger partial charge in [-0.2, -0.15) is 5.26 Å². The van der Waals surface area contributed by atoms with Crippen LogP contribution in [-0.2, 0) is 0 Å². The van der Waals surface area contributed by atoms with Crippen molar-refractivity contribution in [1.82, 2.24) is 9.97 Å². The van der Waals surface area contributed by atoms with Crippen molar-refractivity contribution in [2.24, 2.45) is 0 Å². The van der Waals surface area contributed by atoms with Gasteiger partial charge < -0.3 is 0 Å². The van der Waals surface area contributed by atoms with Gasteiger partial charge in [-0.25, -0.2) is 9.97 Å². The second-order valence-corrected chi connectivity index (χ2v) is 4.35. The van der Waals surface area contributed by atoms with Crippen LogP contribution in [0.3, 0.4) is 0 Å². The highest BCUT2D eigenvalue weighted by Gasteiger charge is 2.06. The summed E-state index contributed by atoms with van der Waals surface area (Å²) in [4.78, 5) is 8.69. The zero-order valence-corrected chi connectivity index (χ0v) is 10.5. The van der Waals surface area contributed by atoms with Crippen LogP contribution in [0.1, 0.15) is 11.1 Å². The molecule has 0 aliphatic rings. The molecule has 0 atom stereocenters. The van der Waals surface area contributed by atoms with E-state index in [9.17, 15) is 0 Å². The van der Waals surface area contributed by atoms with Gasteiger partial charge >= 0.3 is 0 Å². The third-order valence-corrected chi connectivity index (χ3v) is 2.96. The van der Waals surface area contributed by atoms with Crippen LogP contribution in [0.5, 0.6) is 0 Å². The maximum atomic E-state index is 8.89. The zero-order valence-electron chi connectivity index (χ0n) is 9.64. The van der Waals surface area contributed by atoms with E-state index in [2.05, 4.69) is 16.0 Å². The van der Waals surface area contributed by atoms with Crippen molar-refractivity contribution in [3.8, 4) is 17.3 Å². The van der Waals surface area contributed by atoms with Gasteiger partial charge in [-0.1, -0.05) is 23.9 Å². The highest BCUT2D eigenvalue weighted by molar-refractivity contribution is 7.98. The lowest BCUT2D eigenvalue weighted by molar-refractivity contribution is 0.960. The van der Waals surface area contributed by atoms with Gasteiger partial charge in [-0.15, -0.1) is 0 Å². The molecular formula is C13H11N3S. The summed E-state index contributed by atoms with van der Waals surface area (Å²) in [5.74, 6) is 0. The Morgan fingerprint density at radius 3 is 2.88 bits per heavy atom. The second-order valence-electron chi connectivity index (χ2n) is 3.58. The van der Waals surface area contributed by atoms with Crippen molar-refractivity contribution in [2.75, 3.05) is 6.26 Å². The van der Waals surface area contributed by atoms with Gasteiger partial charge in [0.1, 0.15) is 0 Å². The molecule has 17 heavy (non-hydrogen) atoms. The minimum absolute atomic E-state index is 0.645. The molecule has 1 aromatic carbocycles. The molecule has 0 saturated heterocycles. The second kappa shape index (κ2) is 4.98. The lowest BCUT2D eigenvalue weighted by Crippen LogP contribution is -1.93. The molecule has 0 saturated carbocycles. The van der Waals surface area contributed by atoms with Crippen LogP contribution in [0.2, 0.25) is 0 Å². The Morgan fingerprint density at radius 1 is 1.35 bits per heavy atom. The van der Waals surface area contributed by atoms with Crippen LogP contribution in [-0.4, -0.2) is 16.2 Å². The number of nitriles is 1.